The highest BCUT2D eigenvalue weighted by Gasteiger charge is 2.25. The van der Waals surface area contributed by atoms with E-state index in [1.807, 2.05) is 22.7 Å². The van der Waals surface area contributed by atoms with Crippen molar-refractivity contribution < 1.29 is 0 Å². The van der Waals surface area contributed by atoms with Gasteiger partial charge < -0.3 is 4.40 Å². The van der Waals surface area contributed by atoms with E-state index < -0.39 is 0 Å². The molecule has 3 nitrogen and oxygen atoms in total. The molecule has 1 aliphatic carbocycles. The van der Waals surface area contributed by atoms with Crippen LogP contribution in [-0.4, -0.2) is 14.8 Å². The summed E-state index contributed by atoms with van der Waals surface area (Å²) in [6.45, 7) is 2.38. The van der Waals surface area contributed by atoms with Crippen molar-refractivity contribution in [2.24, 2.45) is 10.9 Å². The number of aromatic nitrogens is 2. The molecule has 0 spiro atoms. The first-order chi connectivity index (χ1) is 33.2. The van der Waals surface area contributed by atoms with Gasteiger partial charge in [-0.05, 0) is 82.2 Å². The third-order valence-electron chi connectivity index (χ3n) is 14.5. The molecule has 2 aliphatic rings. The molecule has 1 atom stereocenters. The van der Waals surface area contributed by atoms with Crippen LogP contribution in [0.5, 0.6) is 0 Å². The van der Waals surface area contributed by atoms with Crippen molar-refractivity contribution >= 4 is 153 Å². The molecule has 8 aromatic carbocycles. The molecule has 1 aliphatic heterocycles. The lowest BCUT2D eigenvalue weighted by Gasteiger charge is -2.20. The van der Waals surface area contributed by atoms with Crippen LogP contribution >= 0.6 is 22.7 Å². The first-order valence-electron chi connectivity index (χ1n) is 23.2. The van der Waals surface area contributed by atoms with E-state index in [1.54, 1.807) is 0 Å². The molecule has 0 N–H and O–H groups in total. The molecule has 314 valence electrons. The maximum atomic E-state index is 6.23. The van der Waals surface area contributed by atoms with E-state index in [-0.39, 0.29) is 5.92 Å². The van der Waals surface area contributed by atoms with Crippen molar-refractivity contribution in [2.75, 3.05) is 0 Å². The Hall–Kier alpha value is -7.83. The molecule has 0 saturated heterocycles. The standard InChI is InChI=1S/C62H39N3S2/c1-36-28-30-46-57(60(47-23-13-22-44-43-19-6-10-26-54(43)67-61(44)47)63-62(36)65-49-24-8-4-17-40(49)41-18-5-9-25-50(41)65)37-16-12-21-42-48-34-38-14-2-3-15-39(38)35-53(48)64(51(42)31-29-37)52-32-33-56-59(58(46)52)45-20-7-11-27-55(45)66-56/h2-27,29-36H,28H2,1H3/b16-12?,21-12-,31-29?,37-16-,37-29?,42-21?,46-30?,51-31?,60-57-,63-62?. The van der Waals surface area contributed by atoms with Crippen molar-refractivity contribution in [3.63, 3.8) is 0 Å². The lowest BCUT2D eigenvalue weighted by Crippen LogP contribution is -2.41. The number of aliphatic imine (C=N–C) groups is 1. The first-order valence-corrected chi connectivity index (χ1v) is 24.8. The molecule has 2 bridgehead atoms. The zero-order valence-electron chi connectivity index (χ0n) is 36.5. The van der Waals surface area contributed by atoms with Gasteiger partial charge in [0.2, 0.25) is 0 Å². The fraction of sp³-hybridized carbons (Fsp3) is 0.0484. The Labute approximate surface area is 392 Å². The van der Waals surface area contributed by atoms with Gasteiger partial charge in [0.05, 0.1) is 33.3 Å². The molecular formula is C62H39N3S2. The molecule has 13 aromatic rings. The number of fused-ring (bicyclic) bond motifs is 21. The fourth-order valence-electron chi connectivity index (χ4n) is 11.5. The second-order valence-corrected chi connectivity index (χ2v) is 20.3. The maximum Gasteiger partial charge on any atom is 0.117 e. The highest BCUT2D eigenvalue weighted by atomic mass is 32.1. The summed E-state index contributed by atoms with van der Waals surface area (Å²) < 4.78 is 10.1. The summed E-state index contributed by atoms with van der Waals surface area (Å²) in [4.78, 5) is 6.23. The van der Waals surface area contributed by atoms with Crippen LogP contribution in [-0.2, 0) is 0 Å². The largest absolute Gasteiger partial charge is 0.309 e. The topological polar surface area (TPSA) is 21.7 Å². The van der Waals surface area contributed by atoms with Crippen molar-refractivity contribution in [1.82, 2.24) is 8.97 Å². The monoisotopic (exact) mass is 889 g/mol. The molecule has 1 unspecified atom stereocenters. The summed E-state index contributed by atoms with van der Waals surface area (Å²) in [5.74, 6) is 1.10. The van der Waals surface area contributed by atoms with E-state index in [4.69, 9.17) is 4.99 Å². The van der Waals surface area contributed by atoms with Gasteiger partial charge in [-0.3, -0.25) is 4.57 Å². The van der Waals surface area contributed by atoms with Crippen molar-refractivity contribution in [2.45, 2.75) is 13.3 Å². The first kappa shape index (κ1) is 37.4. The molecule has 15 rings (SSSR count). The van der Waals surface area contributed by atoms with Gasteiger partial charge in [-0.15, -0.1) is 22.7 Å². The number of nitrogens with zero attached hydrogens (tertiary/aromatic N) is 3. The van der Waals surface area contributed by atoms with E-state index >= 15 is 0 Å². The van der Waals surface area contributed by atoms with Crippen molar-refractivity contribution in [3.05, 3.63) is 209 Å². The molecule has 67 heavy (non-hydrogen) atoms. The average Bonchev–Trinajstić information content (AvgIpc) is 4.10. The molecule has 6 heterocycles. The van der Waals surface area contributed by atoms with Gasteiger partial charge in [-0.2, -0.15) is 0 Å². The highest BCUT2D eigenvalue weighted by Crippen LogP contribution is 2.42. The minimum absolute atomic E-state index is 0.0545. The van der Waals surface area contributed by atoms with Gasteiger partial charge in [0.15, 0.2) is 0 Å². The molecule has 0 saturated carbocycles. The lowest BCUT2D eigenvalue weighted by molar-refractivity contribution is 0.785. The quantitative estimate of drug-likeness (QED) is 0.157. The Kier molecular flexibility index (Phi) is 7.86. The third kappa shape index (κ3) is 5.30. The van der Waals surface area contributed by atoms with Crippen molar-refractivity contribution in [3.8, 4) is 0 Å². The van der Waals surface area contributed by atoms with Crippen LogP contribution in [0.25, 0.3) is 124 Å². The van der Waals surface area contributed by atoms with Gasteiger partial charge in [0, 0.05) is 84.2 Å². The molecule has 5 heteroatoms. The van der Waals surface area contributed by atoms with Gasteiger partial charge in [-0.1, -0.05) is 153 Å². The summed E-state index contributed by atoms with van der Waals surface area (Å²) in [6.07, 6.45) is 10.3. The predicted molar refractivity (Wildman–Crippen MR) is 291 cm³/mol. The van der Waals surface area contributed by atoms with Crippen LogP contribution in [0.4, 0.5) is 0 Å². The molecule has 0 amide bonds. The Balaban J connectivity index is 1.25. The summed E-state index contributed by atoms with van der Waals surface area (Å²) in [7, 11) is 0. The zero-order valence-corrected chi connectivity index (χ0v) is 38.1. The van der Waals surface area contributed by atoms with Crippen LogP contribution in [0.1, 0.15) is 24.5 Å². The van der Waals surface area contributed by atoms with Crippen molar-refractivity contribution in [1.29, 1.82) is 0 Å². The minimum atomic E-state index is 0.0545. The van der Waals surface area contributed by atoms with Gasteiger partial charge >= 0.3 is 0 Å². The third-order valence-corrected chi connectivity index (χ3v) is 16.9. The zero-order chi connectivity index (χ0) is 43.9. The molecule has 5 aromatic heterocycles. The Bertz CT molecular complexity index is 4630. The van der Waals surface area contributed by atoms with Crippen LogP contribution < -0.4 is 15.7 Å². The molecule has 0 radical (unpaired) electrons. The fourth-order valence-corrected chi connectivity index (χ4v) is 13.8. The van der Waals surface area contributed by atoms with Crippen LogP contribution in [0.15, 0.2) is 187 Å². The van der Waals surface area contributed by atoms with E-state index in [2.05, 4.69) is 216 Å². The number of hydrogen-bond acceptors (Lipinski definition) is 3. The van der Waals surface area contributed by atoms with Gasteiger partial charge in [0.1, 0.15) is 5.84 Å². The summed E-state index contributed by atoms with van der Waals surface area (Å²) in [5, 5.41) is 16.1. The number of hydrogen-bond donors (Lipinski definition) is 0. The Morgan fingerprint density at radius 3 is 2.00 bits per heavy atom. The van der Waals surface area contributed by atoms with E-state index in [9.17, 15) is 0 Å². The number of benzene rings is 8. The highest BCUT2D eigenvalue weighted by molar-refractivity contribution is 7.26. The lowest BCUT2D eigenvalue weighted by atomic mass is 9.96. The molecule has 0 fully saturated rings. The minimum Gasteiger partial charge on any atom is -0.309 e. The number of thiophene rings is 2. The van der Waals surface area contributed by atoms with Crippen LogP contribution in [0.2, 0.25) is 0 Å². The van der Waals surface area contributed by atoms with Gasteiger partial charge in [-0.25, -0.2) is 4.99 Å². The van der Waals surface area contributed by atoms with Gasteiger partial charge in [0.25, 0.3) is 0 Å². The smallest absolute Gasteiger partial charge is 0.117 e. The number of allylic oxidation sites excluding steroid dienone is 1. The Morgan fingerprint density at radius 2 is 1.19 bits per heavy atom. The van der Waals surface area contributed by atoms with E-state index in [1.165, 1.54) is 111 Å². The SMILES string of the molecule is CC1CC=c2c(/c3ccc4c(c5cc6ccccc6cc5n4c4ccc5sc6ccccc6c5c24)\C=C/C=3)=C(/c2cccc3c2sc2ccccc23)N=C1n1c2ccccc2c2ccccc21. The predicted octanol–water partition coefficient (Wildman–Crippen LogP) is 14.8. The second-order valence-electron chi connectivity index (χ2n) is 18.2. The second kappa shape index (κ2) is 14.1. The van der Waals surface area contributed by atoms with Crippen LogP contribution in [0.3, 0.4) is 0 Å². The molecular weight excluding hydrogens is 851 g/mol. The normalized spacial score (nSPS) is 16.8. The summed E-state index contributed by atoms with van der Waals surface area (Å²) in [6, 6.07) is 65.5. The maximum absolute atomic E-state index is 6.23. The van der Waals surface area contributed by atoms with Crippen LogP contribution in [0, 0.1) is 5.92 Å². The average molecular weight is 890 g/mol. The van der Waals surface area contributed by atoms with E-state index in [0.29, 0.717) is 0 Å². The summed E-state index contributed by atoms with van der Waals surface area (Å²) >= 11 is 3.77. The van der Waals surface area contributed by atoms with E-state index in [0.717, 1.165) is 34.0 Å². The Morgan fingerprint density at radius 1 is 0.522 bits per heavy atom. The number of rotatable bonds is 1. The summed E-state index contributed by atoms with van der Waals surface area (Å²) in [5.41, 5.74) is 9.28. The number of para-hydroxylation sites is 2.